The SMILES string of the molecule is CCCNc1cc(NC)nc(C(F)(F)F)n1. The quantitative estimate of drug-likeness (QED) is 0.839. The van der Waals surface area contributed by atoms with Gasteiger partial charge in [-0.1, -0.05) is 6.92 Å². The van der Waals surface area contributed by atoms with Gasteiger partial charge in [0.2, 0.25) is 5.82 Å². The van der Waals surface area contributed by atoms with Gasteiger partial charge in [-0.15, -0.1) is 0 Å². The Hall–Kier alpha value is -1.53. The second kappa shape index (κ2) is 5.00. The predicted octanol–water partition coefficient (Wildman–Crippen LogP) is 2.36. The van der Waals surface area contributed by atoms with Gasteiger partial charge >= 0.3 is 6.18 Å². The highest BCUT2D eigenvalue weighted by Gasteiger charge is 2.35. The molecule has 0 bridgehead atoms. The third kappa shape index (κ3) is 3.25. The second-order valence-corrected chi connectivity index (χ2v) is 3.14. The first-order valence-corrected chi connectivity index (χ1v) is 4.85. The van der Waals surface area contributed by atoms with Crippen LogP contribution in [0.1, 0.15) is 19.2 Å². The summed E-state index contributed by atoms with van der Waals surface area (Å²) in [6.45, 7) is 2.48. The lowest BCUT2D eigenvalue weighted by molar-refractivity contribution is -0.144. The van der Waals surface area contributed by atoms with Gasteiger partial charge in [-0.3, -0.25) is 0 Å². The van der Waals surface area contributed by atoms with Crippen LogP contribution in [0.3, 0.4) is 0 Å². The standard InChI is InChI=1S/C9H13F3N4/c1-3-4-14-7-5-6(13-2)15-8(16-7)9(10,11)12/h5H,3-4H2,1-2H3,(H2,13,14,15,16). The minimum atomic E-state index is -4.53. The number of anilines is 2. The van der Waals surface area contributed by atoms with Gasteiger partial charge in [-0.05, 0) is 6.42 Å². The number of aromatic nitrogens is 2. The fourth-order valence-electron chi connectivity index (χ4n) is 1.05. The van der Waals surface area contributed by atoms with Crippen molar-refractivity contribution in [2.75, 3.05) is 24.2 Å². The molecule has 0 saturated carbocycles. The summed E-state index contributed by atoms with van der Waals surface area (Å²) in [7, 11) is 1.51. The summed E-state index contributed by atoms with van der Waals surface area (Å²) >= 11 is 0. The van der Waals surface area contributed by atoms with Crippen LogP contribution in [0.4, 0.5) is 24.8 Å². The Bertz CT molecular complexity index is 351. The molecule has 1 rings (SSSR count). The highest BCUT2D eigenvalue weighted by Crippen LogP contribution is 2.28. The van der Waals surface area contributed by atoms with Crippen LogP contribution in [0, 0.1) is 0 Å². The van der Waals surface area contributed by atoms with Gasteiger partial charge in [0.05, 0.1) is 0 Å². The van der Waals surface area contributed by atoms with Gasteiger partial charge < -0.3 is 10.6 Å². The Kier molecular flexibility index (Phi) is 3.92. The molecule has 1 aromatic heterocycles. The van der Waals surface area contributed by atoms with Crippen LogP contribution >= 0.6 is 0 Å². The van der Waals surface area contributed by atoms with Gasteiger partial charge in [-0.25, -0.2) is 9.97 Å². The Morgan fingerprint density at radius 2 is 1.88 bits per heavy atom. The maximum atomic E-state index is 12.4. The lowest BCUT2D eigenvalue weighted by atomic mass is 10.4. The molecule has 0 aromatic carbocycles. The largest absolute Gasteiger partial charge is 0.451 e. The molecule has 0 unspecified atom stereocenters. The zero-order valence-electron chi connectivity index (χ0n) is 9.02. The number of nitrogens with one attached hydrogen (secondary N) is 2. The van der Waals surface area contributed by atoms with Crippen molar-refractivity contribution in [3.63, 3.8) is 0 Å². The van der Waals surface area contributed by atoms with Crippen LogP contribution in [0.15, 0.2) is 6.07 Å². The molecule has 1 aromatic rings. The first-order chi connectivity index (χ1) is 7.47. The number of nitrogens with zero attached hydrogens (tertiary/aromatic N) is 2. The molecule has 0 atom stereocenters. The highest BCUT2D eigenvalue weighted by molar-refractivity contribution is 5.47. The summed E-state index contributed by atoms with van der Waals surface area (Å²) in [4.78, 5) is 6.75. The minimum Gasteiger partial charge on any atom is -0.373 e. The molecule has 0 saturated heterocycles. The summed E-state index contributed by atoms with van der Waals surface area (Å²) in [5.41, 5.74) is 0. The molecule has 90 valence electrons. The third-order valence-corrected chi connectivity index (χ3v) is 1.79. The fraction of sp³-hybridized carbons (Fsp3) is 0.556. The van der Waals surface area contributed by atoms with E-state index in [1.54, 1.807) is 0 Å². The van der Waals surface area contributed by atoms with E-state index in [4.69, 9.17) is 0 Å². The summed E-state index contributed by atoms with van der Waals surface area (Å²) < 4.78 is 37.3. The van der Waals surface area contributed by atoms with Gasteiger partial charge in [0.1, 0.15) is 11.6 Å². The fourth-order valence-corrected chi connectivity index (χ4v) is 1.05. The molecule has 0 aliphatic carbocycles. The first-order valence-electron chi connectivity index (χ1n) is 4.85. The Morgan fingerprint density at radius 1 is 1.25 bits per heavy atom. The van der Waals surface area contributed by atoms with Crippen molar-refractivity contribution >= 4 is 11.6 Å². The smallest absolute Gasteiger partial charge is 0.373 e. The summed E-state index contributed by atoms with van der Waals surface area (Å²) in [5, 5.41) is 5.36. The van der Waals surface area contributed by atoms with E-state index in [0.717, 1.165) is 6.42 Å². The topological polar surface area (TPSA) is 49.8 Å². The molecule has 1 heterocycles. The Morgan fingerprint density at radius 3 is 2.38 bits per heavy atom. The van der Waals surface area contributed by atoms with Crippen LogP contribution < -0.4 is 10.6 Å². The molecule has 0 spiro atoms. The van der Waals surface area contributed by atoms with E-state index in [9.17, 15) is 13.2 Å². The molecular weight excluding hydrogens is 221 g/mol. The van der Waals surface area contributed by atoms with Crippen LogP contribution in [0.5, 0.6) is 0 Å². The lowest BCUT2D eigenvalue weighted by Gasteiger charge is -2.10. The lowest BCUT2D eigenvalue weighted by Crippen LogP contribution is -2.14. The van der Waals surface area contributed by atoms with Gasteiger partial charge in [0, 0.05) is 19.7 Å². The molecule has 0 aliphatic rings. The number of hydrogen-bond donors (Lipinski definition) is 2. The number of halogens is 3. The van der Waals surface area contributed by atoms with E-state index in [0.29, 0.717) is 6.54 Å². The maximum absolute atomic E-state index is 12.4. The molecule has 4 nitrogen and oxygen atoms in total. The molecule has 7 heteroatoms. The van der Waals surface area contributed by atoms with Gasteiger partial charge in [0.15, 0.2) is 0 Å². The van der Waals surface area contributed by atoms with Crippen molar-refractivity contribution in [2.45, 2.75) is 19.5 Å². The molecular formula is C9H13F3N4. The molecule has 0 amide bonds. The van der Waals surface area contributed by atoms with Crippen LogP contribution in [-0.2, 0) is 6.18 Å². The van der Waals surface area contributed by atoms with Gasteiger partial charge in [-0.2, -0.15) is 13.2 Å². The molecule has 0 radical (unpaired) electrons. The van der Waals surface area contributed by atoms with Crippen molar-refractivity contribution in [3.8, 4) is 0 Å². The maximum Gasteiger partial charge on any atom is 0.451 e. The zero-order chi connectivity index (χ0) is 12.2. The first kappa shape index (κ1) is 12.5. The van der Waals surface area contributed by atoms with E-state index in [2.05, 4.69) is 20.6 Å². The minimum absolute atomic E-state index is 0.140. The van der Waals surface area contributed by atoms with Gasteiger partial charge in [0.25, 0.3) is 0 Å². The van der Waals surface area contributed by atoms with Crippen molar-refractivity contribution in [3.05, 3.63) is 11.9 Å². The van der Waals surface area contributed by atoms with Crippen molar-refractivity contribution in [1.29, 1.82) is 0 Å². The average molecular weight is 234 g/mol. The normalized spacial score (nSPS) is 11.3. The van der Waals surface area contributed by atoms with Crippen LogP contribution in [-0.4, -0.2) is 23.6 Å². The molecule has 2 N–H and O–H groups in total. The summed E-state index contributed by atoms with van der Waals surface area (Å²) in [6.07, 6.45) is -3.73. The second-order valence-electron chi connectivity index (χ2n) is 3.14. The zero-order valence-corrected chi connectivity index (χ0v) is 9.02. The average Bonchev–Trinajstić information content (AvgIpc) is 2.24. The van der Waals surface area contributed by atoms with E-state index in [-0.39, 0.29) is 11.6 Å². The van der Waals surface area contributed by atoms with E-state index in [1.807, 2.05) is 6.92 Å². The van der Waals surface area contributed by atoms with Crippen LogP contribution in [0.2, 0.25) is 0 Å². The van der Waals surface area contributed by atoms with E-state index >= 15 is 0 Å². The van der Waals surface area contributed by atoms with E-state index < -0.39 is 12.0 Å². The highest BCUT2D eigenvalue weighted by atomic mass is 19.4. The number of alkyl halides is 3. The van der Waals surface area contributed by atoms with Crippen molar-refractivity contribution in [1.82, 2.24) is 9.97 Å². The number of rotatable bonds is 4. The van der Waals surface area contributed by atoms with E-state index in [1.165, 1.54) is 13.1 Å². The summed E-state index contributed by atoms with van der Waals surface area (Å²) in [5.74, 6) is -0.826. The molecule has 0 fully saturated rings. The Balaban J connectivity index is 3.01. The third-order valence-electron chi connectivity index (χ3n) is 1.79. The summed E-state index contributed by atoms with van der Waals surface area (Å²) in [6, 6.07) is 1.44. The number of hydrogen-bond acceptors (Lipinski definition) is 4. The monoisotopic (exact) mass is 234 g/mol. The van der Waals surface area contributed by atoms with Crippen molar-refractivity contribution < 1.29 is 13.2 Å². The molecule has 16 heavy (non-hydrogen) atoms. The van der Waals surface area contributed by atoms with Crippen LogP contribution in [0.25, 0.3) is 0 Å². The Labute approximate surface area is 91.3 Å². The predicted molar refractivity (Wildman–Crippen MR) is 55.4 cm³/mol. The van der Waals surface area contributed by atoms with Crippen molar-refractivity contribution in [2.24, 2.45) is 0 Å². The molecule has 0 aliphatic heterocycles.